The second-order valence-electron chi connectivity index (χ2n) is 8.22. The average Bonchev–Trinajstić information content (AvgIpc) is 3.45. The molecule has 0 N–H and O–H groups in total. The SMILES string of the molecule is COc1cccc(N2C[C@H](c3nc4ccccc4n3CCOc3ccccc3OC)CC2=O)c1. The maximum absolute atomic E-state index is 13.0. The Balaban J connectivity index is 1.40. The van der Waals surface area contributed by atoms with Crippen LogP contribution in [-0.2, 0) is 11.3 Å². The summed E-state index contributed by atoms with van der Waals surface area (Å²) in [5, 5.41) is 0. The number of benzene rings is 3. The van der Waals surface area contributed by atoms with Crippen molar-refractivity contribution < 1.29 is 19.0 Å². The summed E-state index contributed by atoms with van der Waals surface area (Å²) in [6.45, 7) is 1.63. The first-order valence-electron chi connectivity index (χ1n) is 11.3. The summed E-state index contributed by atoms with van der Waals surface area (Å²) < 4.78 is 19.0. The van der Waals surface area contributed by atoms with Gasteiger partial charge in [-0.1, -0.05) is 30.3 Å². The summed E-state index contributed by atoms with van der Waals surface area (Å²) in [5.41, 5.74) is 2.80. The lowest BCUT2D eigenvalue weighted by Gasteiger charge is -2.18. The molecule has 0 aliphatic carbocycles. The Bertz CT molecular complexity index is 1320. The minimum absolute atomic E-state index is 0.0163. The lowest BCUT2D eigenvalue weighted by molar-refractivity contribution is -0.117. The van der Waals surface area contributed by atoms with Gasteiger partial charge in [0.15, 0.2) is 11.5 Å². The van der Waals surface area contributed by atoms with Crippen LogP contribution >= 0.6 is 0 Å². The van der Waals surface area contributed by atoms with E-state index in [0.29, 0.717) is 37.6 Å². The van der Waals surface area contributed by atoms with Crippen molar-refractivity contribution in [2.45, 2.75) is 18.9 Å². The minimum atomic E-state index is -0.0163. The summed E-state index contributed by atoms with van der Waals surface area (Å²) in [5.74, 6) is 3.11. The standard InChI is InChI=1S/C27H27N3O4/c1-32-21-9-7-8-20(17-21)30-18-19(16-26(30)31)27-28-22-10-3-4-11-23(22)29(27)14-15-34-25-13-6-5-12-24(25)33-2/h3-13,17,19H,14-16,18H2,1-2H3/t19-/m1/s1. The van der Waals surface area contributed by atoms with Crippen LogP contribution in [0.1, 0.15) is 18.2 Å². The van der Waals surface area contributed by atoms with Crippen molar-refractivity contribution in [3.8, 4) is 17.2 Å². The van der Waals surface area contributed by atoms with Crippen molar-refractivity contribution in [2.75, 3.05) is 32.3 Å². The molecule has 0 saturated carbocycles. The van der Waals surface area contributed by atoms with Crippen molar-refractivity contribution in [2.24, 2.45) is 0 Å². The summed E-state index contributed by atoms with van der Waals surface area (Å²) >= 11 is 0. The molecule has 0 bridgehead atoms. The van der Waals surface area contributed by atoms with E-state index >= 15 is 0 Å². The van der Waals surface area contributed by atoms with Crippen LogP contribution in [0.25, 0.3) is 11.0 Å². The molecule has 1 aliphatic rings. The van der Waals surface area contributed by atoms with E-state index in [1.54, 1.807) is 14.2 Å². The number of fused-ring (bicyclic) bond motifs is 1. The molecule has 5 rings (SSSR count). The number of para-hydroxylation sites is 4. The normalized spacial score (nSPS) is 15.6. The van der Waals surface area contributed by atoms with E-state index in [2.05, 4.69) is 10.6 Å². The molecule has 174 valence electrons. The van der Waals surface area contributed by atoms with Crippen molar-refractivity contribution in [1.82, 2.24) is 9.55 Å². The number of aromatic nitrogens is 2. The second kappa shape index (κ2) is 9.47. The molecular formula is C27H27N3O4. The first-order chi connectivity index (χ1) is 16.7. The van der Waals surface area contributed by atoms with E-state index < -0.39 is 0 Å². The van der Waals surface area contributed by atoms with Gasteiger partial charge in [0.1, 0.15) is 18.2 Å². The Morgan fingerprint density at radius 3 is 2.56 bits per heavy atom. The Morgan fingerprint density at radius 2 is 1.74 bits per heavy atom. The van der Waals surface area contributed by atoms with E-state index in [-0.39, 0.29) is 11.8 Å². The van der Waals surface area contributed by atoms with Gasteiger partial charge < -0.3 is 23.7 Å². The number of nitrogens with zero attached hydrogens (tertiary/aromatic N) is 3. The van der Waals surface area contributed by atoms with Gasteiger partial charge in [0.05, 0.1) is 31.8 Å². The third-order valence-electron chi connectivity index (χ3n) is 6.18. The van der Waals surface area contributed by atoms with Crippen LogP contribution in [0, 0.1) is 0 Å². The van der Waals surface area contributed by atoms with Gasteiger partial charge in [-0.25, -0.2) is 4.98 Å². The van der Waals surface area contributed by atoms with Crippen molar-refractivity contribution in [3.63, 3.8) is 0 Å². The van der Waals surface area contributed by atoms with E-state index in [0.717, 1.165) is 28.3 Å². The van der Waals surface area contributed by atoms with Crippen molar-refractivity contribution in [3.05, 3.63) is 78.6 Å². The smallest absolute Gasteiger partial charge is 0.227 e. The number of rotatable bonds is 8. The van der Waals surface area contributed by atoms with Crippen LogP contribution in [0.5, 0.6) is 17.2 Å². The van der Waals surface area contributed by atoms with Gasteiger partial charge >= 0.3 is 0 Å². The molecule has 1 aliphatic heterocycles. The molecule has 3 aromatic carbocycles. The maximum Gasteiger partial charge on any atom is 0.227 e. The first kappa shape index (κ1) is 21.8. The average molecular weight is 458 g/mol. The van der Waals surface area contributed by atoms with Crippen LogP contribution in [0.4, 0.5) is 5.69 Å². The van der Waals surface area contributed by atoms with Gasteiger partial charge in [0.25, 0.3) is 0 Å². The summed E-state index contributed by atoms with van der Waals surface area (Å²) in [6, 6.07) is 23.3. The second-order valence-corrected chi connectivity index (χ2v) is 8.22. The first-order valence-corrected chi connectivity index (χ1v) is 11.3. The maximum atomic E-state index is 13.0. The van der Waals surface area contributed by atoms with Gasteiger partial charge in [0.2, 0.25) is 5.91 Å². The van der Waals surface area contributed by atoms with E-state index in [9.17, 15) is 4.79 Å². The topological polar surface area (TPSA) is 65.8 Å². The highest BCUT2D eigenvalue weighted by atomic mass is 16.5. The molecule has 7 heteroatoms. The summed E-state index contributed by atoms with van der Waals surface area (Å²) in [7, 11) is 3.26. The lowest BCUT2D eigenvalue weighted by atomic mass is 10.1. The molecule has 1 aromatic heterocycles. The van der Waals surface area contributed by atoms with Gasteiger partial charge in [0, 0.05) is 30.6 Å². The molecular weight excluding hydrogens is 430 g/mol. The number of hydrogen-bond donors (Lipinski definition) is 0. The zero-order valence-electron chi connectivity index (χ0n) is 19.3. The third kappa shape index (κ3) is 4.17. The Hall–Kier alpha value is -4.00. The fourth-order valence-electron chi connectivity index (χ4n) is 4.53. The number of methoxy groups -OCH3 is 2. The molecule has 7 nitrogen and oxygen atoms in total. The molecule has 1 amide bonds. The van der Waals surface area contributed by atoms with Crippen LogP contribution in [0.2, 0.25) is 0 Å². The Kier molecular flexibility index (Phi) is 6.08. The van der Waals surface area contributed by atoms with Gasteiger partial charge in [-0.2, -0.15) is 0 Å². The van der Waals surface area contributed by atoms with Gasteiger partial charge in [-0.05, 0) is 36.4 Å². The lowest BCUT2D eigenvalue weighted by Crippen LogP contribution is -2.24. The zero-order chi connectivity index (χ0) is 23.5. The molecule has 1 saturated heterocycles. The van der Waals surface area contributed by atoms with Crippen LogP contribution < -0.4 is 19.1 Å². The molecule has 1 atom stereocenters. The predicted octanol–water partition coefficient (Wildman–Crippen LogP) is 4.65. The quantitative estimate of drug-likeness (QED) is 0.385. The molecule has 4 aromatic rings. The highest BCUT2D eigenvalue weighted by Gasteiger charge is 2.35. The number of anilines is 1. The van der Waals surface area contributed by atoms with Crippen LogP contribution in [0.3, 0.4) is 0 Å². The Morgan fingerprint density at radius 1 is 0.941 bits per heavy atom. The van der Waals surface area contributed by atoms with Crippen molar-refractivity contribution in [1.29, 1.82) is 0 Å². The summed E-state index contributed by atoms with van der Waals surface area (Å²) in [6.07, 6.45) is 0.411. The van der Waals surface area contributed by atoms with E-state index in [4.69, 9.17) is 19.2 Å². The largest absolute Gasteiger partial charge is 0.497 e. The van der Waals surface area contributed by atoms with Gasteiger partial charge in [-0.3, -0.25) is 4.79 Å². The van der Waals surface area contributed by atoms with Crippen LogP contribution in [0.15, 0.2) is 72.8 Å². The van der Waals surface area contributed by atoms with Gasteiger partial charge in [-0.15, -0.1) is 0 Å². The van der Waals surface area contributed by atoms with E-state index in [1.807, 2.05) is 71.6 Å². The highest BCUT2D eigenvalue weighted by molar-refractivity contribution is 5.96. The molecule has 2 heterocycles. The third-order valence-corrected chi connectivity index (χ3v) is 6.18. The minimum Gasteiger partial charge on any atom is -0.497 e. The number of carbonyl (C=O) groups excluding carboxylic acids is 1. The molecule has 34 heavy (non-hydrogen) atoms. The fourth-order valence-corrected chi connectivity index (χ4v) is 4.53. The molecule has 1 fully saturated rings. The summed E-state index contributed by atoms with van der Waals surface area (Å²) in [4.78, 5) is 19.7. The fraction of sp³-hybridized carbons (Fsp3) is 0.259. The number of ether oxygens (including phenoxy) is 3. The number of carbonyl (C=O) groups is 1. The Labute approximate surface area is 198 Å². The number of hydrogen-bond acceptors (Lipinski definition) is 5. The van der Waals surface area contributed by atoms with Crippen molar-refractivity contribution >= 4 is 22.6 Å². The highest BCUT2D eigenvalue weighted by Crippen LogP contribution is 2.34. The van der Waals surface area contributed by atoms with Crippen LogP contribution in [-0.4, -0.2) is 42.8 Å². The molecule has 0 radical (unpaired) electrons. The number of amides is 1. The predicted molar refractivity (Wildman–Crippen MR) is 131 cm³/mol. The monoisotopic (exact) mass is 457 g/mol. The number of imidazole rings is 1. The molecule has 0 unspecified atom stereocenters. The molecule has 0 spiro atoms. The zero-order valence-corrected chi connectivity index (χ0v) is 19.3. The van der Waals surface area contributed by atoms with E-state index in [1.165, 1.54) is 0 Å².